The van der Waals surface area contributed by atoms with Crippen LogP contribution in [0, 0.1) is 0 Å². The van der Waals surface area contributed by atoms with E-state index in [1.54, 1.807) is 0 Å². The topological polar surface area (TPSA) is 149 Å². The summed E-state index contributed by atoms with van der Waals surface area (Å²) in [7, 11) is -9.75. The Labute approximate surface area is 116 Å². The van der Waals surface area contributed by atoms with Crippen molar-refractivity contribution < 1.29 is 35.0 Å². The Balaban J connectivity index is -0.000000219. The lowest BCUT2D eigenvalue weighted by molar-refractivity contribution is 0.378. The van der Waals surface area contributed by atoms with Crippen molar-refractivity contribution in [2.45, 2.75) is 27.7 Å². The molecule has 8 nitrogen and oxygen atoms in total. The Hall–Kier alpha value is 0.170. The van der Waals surface area contributed by atoms with Gasteiger partial charge in [-0.1, -0.05) is 27.7 Å². The fourth-order valence-corrected chi connectivity index (χ4v) is 4.02. The summed E-state index contributed by atoms with van der Waals surface area (Å²) in [5, 5.41) is 0. The zero-order valence-corrected chi connectivity index (χ0v) is 14.0. The average Bonchev–Trinajstić information content (AvgIpc) is 2.17. The summed E-state index contributed by atoms with van der Waals surface area (Å²) in [5.74, 6) is 0. The van der Waals surface area contributed by atoms with E-state index >= 15 is 0 Å². The van der Waals surface area contributed by atoms with Crippen LogP contribution in [-0.4, -0.2) is 59.7 Å². The van der Waals surface area contributed by atoms with Crippen molar-refractivity contribution >= 4 is 28.1 Å². The predicted octanol–water partition coefficient (Wildman–Crippen LogP) is 1.78. The molecule has 0 aromatic heterocycles. The van der Waals surface area contributed by atoms with Gasteiger partial charge in [0, 0.05) is 0 Å². The van der Waals surface area contributed by atoms with E-state index in [-0.39, 0.29) is 0 Å². The van der Waals surface area contributed by atoms with Gasteiger partial charge in [-0.2, -0.15) is 16.8 Å². The van der Waals surface area contributed by atoms with E-state index in [2.05, 4.69) is 27.7 Å². The molecule has 0 atom stereocenters. The molecule has 0 aliphatic carbocycles. The lowest BCUT2D eigenvalue weighted by Gasteiger charge is -2.31. The Morgan fingerprint density at radius 3 is 0.737 bits per heavy atom. The van der Waals surface area contributed by atoms with E-state index in [0.717, 1.165) is 0 Å². The zero-order valence-electron chi connectivity index (χ0n) is 11.5. The number of hydrogen-bond acceptors (Lipinski definition) is 4. The molecule has 0 unspecified atom stereocenters. The van der Waals surface area contributed by atoms with Crippen LogP contribution in [0.1, 0.15) is 27.7 Å². The summed E-state index contributed by atoms with van der Waals surface area (Å²) in [4.78, 5) is 0. The molecule has 0 spiro atoms. The third-order valence-corrected chi connectivity index (χ3v) is 8.05. The van der Waals surface area contributed by atoms with Crippen molar-refractivity contribution in [1.29, 1.82) is 0 Å². The molecule has 1 radical (unpaired) electrons. The summed E-state index contributed by atoms with van der Waals surface area (Å²) in [6.45, 7) is 9.41. The van der Waals surface area contributed by atoms with E-state index in [4.69, 9.17) is 35.0 Å². The third kappa shape index (κ3) is 32.1. The third-order valence-electron chi connectivity index (χ3n) is 2.68. The second-order valence-electron chi connectivity index (χ2n) is 3.50. The molecule has 0 saturated carbocycles. The highest BCUT2D eigenvalue weighted by molar-refractivity contribution is 7.80. The van der Waals surface area contributed by atoms with Gasteiger partial charge in [0.05, 0.1) is 0 Å². The van der Waals surface area contributed by atoms with Crippen molar-refractivity contribution in [1.82, 2.24) is 0 Å². The molecule has 11 heteroatoms. The lowest BCUT2D eigenvalue weighted by atomic mass is 10.9. The van der Waals surface area contributed by atoms with Crippen LogP contribution in [0.5, 0.6) is 0 Å². The van der Waals surface area contributed by atoms with Crippen LogP contribution in [0.2, 0.25) is 0 Å². The van der Waals surface area contributed by atoms with Crippen LogP contribution in [-0.2, 0) is 20.8 Å². The maximum atomic E-state index is 8.74. The molecule has 0 aromatic carbocycles. The van der Waals surface area contributed by atoms with Gasteiger partial charge in [0.25, 0.3) is 0 Å². The van der Waals surface area contributed by atoms with Crippen molar-refractivity contribution in [3.05, 3.63) is 0 Å². The van der Waals surface area contributed by atoms with Crippen LogP contribution in [0.4, 0.5) is 0 Å². The Morgan fingerprint density at radius 1 is 0.632 bits per heavy atom. The van der Waals surface area contributed by atoms with Gasteiger partial charge < -0.3 is 0 Å². The SMILES string of the molecule is CC[P](CC)(CC)CC.O=S(=O)(O)O.O=S(=O)(O)O. The molecular formula is C8H24O8PS2. The molecule has 0 aromatic rings. The van der Waals surface area contributed by atoms with Gasteiger partial charge in [0.1, 0.15) is 0 Å². The molecule has 19 heavy (non-hydrogen) atoms. The van der Waals surface area contributed by atoms with Gasteiger partial charge in [0.2, 0.25) is 0 Å². The monoisotopic (exact) mass is 343 g/mol. The van der Waals surface area contributed by atoms with Crippen LogP contribution in [0.15, 0.2) is 0 Å². The van der Waals surface area contributed by atoms with Gasteiger partial charge in [-0.15, -0.1) is 7.26 Å². The van der Waals surface area contributed by atoms with E-state index in [0.29, 0.717) is 0 Å². The maximum Gasteiger partial charge on any atom is 0.394 e. The van der Waals surface area contributed by atoms with Gasteiger partial charge in [0.15, 0.2) is 0 Å². The minimum absolute atomic E-state index is 0.420. The van der Waals surface area contributed by atoms with Crippen LogP contribution < -0.4 is 0 Å². The fourth-order valence-electron chi connectivity index (χ4n) is 1.34. The maximum absolute atomic E-state index is 8.74. The highest BCUT2D eigenvalue weighted by Gasteiger charge is 2.16. The summed E-state index contributed by atoms with van der Waals surface area (Å²) in [5.41, 5.74) is 0. The summed E-state index contributed by atoms with van der Waals surface area (Å²) < 4.78 is 63.2. The molecule has 0 saturated heterocycles. The molecule has 0 aliphatic rings. The first kappa shape index (κ1) is 24.2. The van der Waals surface area contributed by atoms with Crippen molar-refractivity contribution in [2.24, 2.45) is 0 Å². The van der Waals surface area contributed by atoms with Crippen molar-refractivity contribution in [3.63, 3.8) is 0 Å². The van der Waals surface area contributed by atoms with E-state index < -0.39 is 28.1 Å². The second kappa shape index (κ2) is 10.9. The van der Waals surface area contributed by atoms with E-state index in [1.807, 2.05) is 0 Å². The molecule has 0 aliphatic heterocycles. The number of hydrogen-bond donors (Lipinski definition) is 4. The Kier molecular flexibility index (Phi) is 13.9. The highest BCUT2D eigenvalue weighted by atomic mass is 32.3. The van der Waals surface area contributed by atoms with Crippen LogP contribution in [0.25, 0.3) is 0 Å². The summed E-state index contributed by atoms with van der Waals surface area (Å²) in [6.07, 6.45) is 5.82. The second-order valence-corrected chi connectivity index (χ2v) is 10.5. The van der Waals surface area contributed by atoms with Gasteiger partial charge in [-0.3, -0.25) is 18.2 Å². The summed E-state index contributed by atoms with van der Waals surface area (Å²) >= 11 is 0. The average molecular weight is 343 g/mol. The van der Waals surface area contributed by atoms with E-state index in [9.17, 15) is 0 Å². The standard InChI is InChI=1S/C8H20P.2H2O4S/c1-5-9(6-2,7-3)8-4;2*1-5(2,3)4/h5-8H2,1-4H3;2*(H2,1,2,3,4). The van der Waals surface area contributed by atoms with Gasteiger partial charge >= 0.3 is 20.8 Å². The molecular weight excluding hydrogens is 319 g/mol. The van der Waals surface area contributed by atoms with Crippen LogP contribution >= 0.6 is 7.26 Å². The van der Waals surface area contributed by atoms with Crippen LogP contribution in [0.3, 0.4) is 0 Å². The molecule has 121 valence electrons. The quantitative estimate of drug-likeness (QED) is 0.445. The highest BCUT2D eigenvalue weighted by Crippen LogP contribution is 2.57. The first-order valence-electron chi connectivity index (χ1n) is 5.49. The molecule has 0 amide bonds. The Bertz CT molecular complexity index is 335. The van der Waals surface area contributed by atoms with Crippen molar-refractivity contribution in [3.8, 4) is 0 Å². The lowest BCUT2D eigenvalue weighted by Crippen LogP contribution is -2.04. The number of rotatable bonds is 4. The first-order valence-corrected chi connectivity index (χ1v) is 10.8. The first-order chi connectivity index (χ1) is 8.24. The van der Waals surface area contributed by atoms with Crippen molar-refractivity contribution in [2.75, 3.05) is 24.6 Å². The smallest absolute Gasteiger partial charge is 0.264 e. The zero-order chi connectivity index (χ0) is 16.3. The summed E-state index contributed by atoms with van der Waals surface area (Å²) in [6, 6.07) is 0. The predicted molar refractivity (Wildman–Crippen MR) is 77.4 cm³/mol. The fraction of sp³-hybridized carbons (Fsp3) is 1.00. The largest absolute Gasteiger partial charge is 0.394 e. The van der Waals surface area contributed by atoms with E-state index in [1.165, 1.54) is 24.6 Å². The minimum atomic E-state index is -4.67. The molecule has 0 rings (SSSR count). The Morgan fingerprint density at radius 2 is 0.737 bits per heavy atom. The van der Waals surface area contributed by atoms with Gasteiger partial charge in [-0.05, 0) is 24.6 Å². The minimum Gasteiger partial charge on any atom is -0.264 e. The van der Waals surface area contributed by atoms with Gasteiger partial charge in [-0.25, -0.2) is 0 Å². The molecule has 0 heterocycles. The molecule has 4 N–H and O–H groups in total. The molecule has 0 fully saturated rings. The molecule has 0 bridgehead atoms. The normalized spacial score (nSPS) is 11.8.